The summed E-state index contributed by atoms with van der Waals surface area (Å²) in [5.41, 5.74) is 1.79. The van der Waals surface area contributed by atoms with Crippen molar-refractivity contribution in [2.45, 2.75) is 13.5 Å². The predicted octanol–water partition coefficient (Wildman–Crippen LogP) is 2.36. The molecule has 0 radical (unpaired) electrons. The average Bonchev–Trinajstić information content (AvgIpc) is 2.84. The number of thiophene rings is 1. The Labute approximate surface area is 102 Å². The van der Waals surface area contributed by atoms with E-state index in [0.717, 1.165) is 11.4 Å². The van der Waals surface area contributed by atoms with Gasteiger partial charge in [0.15, 0.2) is 0 Å². The van der Waals surface area contributed by atoms with Crippen molar-refractivity contribution in [1.82, 2.24) is 15.3 Å². The van der Waals surface area contributed by atoms with Crippen molar-refractivity contribution in [2.24, 2.45) is 0 Å². The van der Waals surface area contributed by atoms with Gasteiger partial charge in [0.1, 0.15) is 4.88 Å². The van der Waals surface area contributed by atoms with Crippen LogP contribution in [-0.4, -0.2) is 15.9 Å². The van der Waals surface area contributed by atoms with Gasteiger partial charge >= 0.3 is 0 Å². The molecule has 6 heteroatoms. The van der Waals surface area contributed by atoms with Crippen molar-refractivity contribution in [3.63, 3.8) is 0 Å². The lowest BCUT2D eigenvalue weighted by atomic mass is 10.3. The van der Waals surface area contributed by atoms with Crippen LogP contribution in [0.15, 0.2) is 17.8 Å². The monoisotopic (exact) mass is 255 g/mol. The summed E-state index contributed by atoms with van der Waals surface area (Å²) in [6.45, 7) is 2.31. The summed E-state index contributed by atoms with van der Waals surface area (Å²) in [7, 11) is 0. The lowest BCUT2D eigenvalue weighted by Crippen LogP contribution is -2.22. The highest BCUT2D eigenvalue weighted by molar-refractivity contribution is 7.12. The molecule has 0 spiro atoms. The second-order valence-electron chi connectivity index (χ2n) is 3.25. The van der Waals surface area contributed by atoms with Gasteiger partial charge in [0.2, 0.25) is 0 Å². The maximum Gasteiger partial charge on any atom is 0.263 e. The molecule has 0 bridgehead atoms. The van der Waals surface area contributed by atoms with Crippen LogP contribution >= 0.6 is 22.9 Å². The summed E-state index contributed by atoms with van der Waals surface area (Å²) in [4.78, 5) is 19.3. The summed E-state index contributed by atoms with van der Waals surface area (Å²) < 4.78 is 0. The van der Waals surface area contributed by atoms with Crippen molar-refractivity contribution in [3.8, 4) is 0 Å². The third-order valence-electron chi connectivity index (χ3n) is 2.17. The summed E-state index contributed by atoms with van der Waals surface area (Å²) in [5, 5.41) is 5.05. The minimum absolute atomic E-state index is 0.164. The van der Waals surface area contributed by atoms with Crippen LogP contribution in [0.25, 0.3) is 0 Å². The molecule has 84 valence electrons. The first-order chi connectivity index (χ1) is 7.68. The molecule has 0 unspecified atom stereocenters. The molecule has 0 saturated carbocycles. The van der Waals surface area contributed by atoms with E-state index in [2.05, 4.69) is 15.3 Å². The number of aromatic nitrogens is 2. The van der Waals surface area contributed by atoms with Gasteiger partial charge in [-0.15, -0.1) is 11.3 Å². The maximum absolute atomic E-state index is 11.7. The van der Waals surface area contributed by atoms with Gasteiger partial charge in [0, 0.05) is 5.69 Å². The molecule has 4 nitrogen and oxygen atoms in total. The molecule has 2 heterocycles. The van der Waals surface area contributed by atoms with Crippen LogP contribution in [0, 0.1) is 6.92 Å². The minimum atomic E-state index is -0.164. The van der Waals surface area contributed by atoms with Gasteiger partial charge in [0.25, 0.3) is 5.91 Å². The number of carbonyl (C=O) groups is 1. The number of amides is 1. The van der Waals surface area contributed by atoms with E-state index in [1.54, 1.807) is 17.8 Å². The molecule has 2 aromatic rings. The van der Waals surface area contributed by atoms with Gasteiger partial charge in [-0.05, 0) is 18.4 Å². The van der Waals surface area contributed by atoms with Crippen LogP contribution < -0.4 is 5.32 Å². The SMILES string of the molecule is Cc1[nH]cnc1CNC(=O)c1sccc1Cl. The van der Waals surface area contributed by atoms with Gasteiger partial charge in [-0.2, -0.15) is 0 Å². The molecule has 16 heavy (non-hydrogen) atoms. The molecule has 0 aromatic carbocycles. The van der Waals surface area contributed by atoms with E-state index in [4.69, 9.17) is 11.6 Å². The van der Waals surface area contributed by atoms with E-state index in [1.807, 2.05) is 6.92 Å². The van der Waals surface area contributed by atoms with Crippen molar-refractivity contribution in [2.75, 3.05) is 0 Å². The Morgan fingerprint density at radius 2 is 2.50 bits per heavy atom. The van der Waals surface area contributed by atoms with E-state index in [0.29, 0.717) is 16.4 Å². The van der Waals surface area contributed by atoms with Crippen LogP contribution in [-0.2, 0) is 6.54 Å². The predicted molar refractivity (Wildman–Crippen MR) is 63.8 cm³/mol. The maximum atomic E-state index is 11.7. The van der Waals surface area contributed by atoms with Gasteiger partial charge < -0.3 is 10.3 Å². The zero-order valence-corrected chi connectivity index (χ0v) is 10.2. The number of nitrogens with zero attached hydrogens (tertiary/aromatic N) is 1. The van der Waals surface area contributed by atoms with E-state index in [1.165, 1.54) is 11.3 Å². The Bertz CT molecular complexity index is 506. The van der Waals surface area contributed by atoms with Crippen molar-refractivity contribution < 1.29 is 4.79 Å². The molecular formula is C10H10ClN3OS. The number of rotatable bonds is 3. The molecule has 0 saturated heterocycles. The Kier molecular flexibility index (Phi) is 3.26. The lowest BCUT2D eigenvalue weighted by Gasteiger charge is -2.02. The van der Waals surface area contributed by atoms with E-state index < -0.39 is 0 Å². The van der Waals surface area contributed by atoms with Crippen molar-refractivity contribution >= 4 is 28.8 Å². The number of halogens is 1. The number of nitrogens with one attached hydrogen (secondary N) is 2. The highest BCUT2D eigenvalue weighted by Crippen LogP contribution is 2.21. The molecule has 0 fully saturated rings. The first-order valence-corrected chi connectivity index (χ1v) is 5.94. The number of hydrogen-bond donors (Lipinski definition) is 2. The summed E-state index contributed by atoms with van der Waals surface area (Å²) in [5.74, 6) is -0.164. The normalized spacial score (nSPS) is 10.4. The number of aromatic amines is 1. The zero-order valence-electron chi connectivity index (χ0n) is 8.58. The first-order valence-electron chi connectivity index (χ1n) is 4.68. The topological polar surface area (TPSA) is 57.8 Å². The van der Waals surface area contributed by atoms with E-state index in [9.17, 15) is 4.79 Å². The second-order valence-corrected chi connectivity index (χ2v) is 4.58. The number of carbonyl (C=O) groups excluding carboxylic acids is 1. The summed E-state index contributed by atoms with van der Waals surface area (Å²) in [6, 6.07) is 1.71. The van der Waals surface area contributed by atoms with Gasteiger partial charge in [0.05, 0.1) is 23.6 Å². The quantitative estimate of drug-likeness (QED) is 0.885. The minimum Gasteiger partial charge on any atom is -0.348 e. The molecule has 0 aliphatic carbocycles. The molecule has 2 N–H and O–H groups in total. The van der Waals surface area contributed by atoms with Gasteiger partial charge in [-0.25, -0.2) is 4.98 Å². The van der Waals surface area contributed by atoms with Gasteiger partial charge in [-0.1, -0.05) is 11.6 Å². The molecule has 0 aliphatic heterocycles. The number of aryl methyl sites for hydroxylation is 1. The van der Waals surface area contributed by atoms with E-state index in [-0.39, 0.29) is 5.91 Å². The fraction of sp³-hybridized carbons (Fsp3) is 0.200. The largest absolute Gasteiger partial charge is 0.348 e. The standard InChI is InChI=1S/C10H10ClN3OS/c1-6-8(14-5-13-6)4-12-10(15)9-7(11)2-3-16-9/h2-3,5H,4H2,1H3,(H,12,15)(H,13,14). The third kappa shape index (κ3) is 2.25. The second kappa shape index (κ2) is 4.67. The van der Waals surface area contributed by atoms with Crippen LogP contribution in [0.5, 0.6) is 0 Å². The first kappa shape index (κ1) is 11.2. The molecular weight excluding hydrogens is 246 g/mol. The Morgan fingerprint density at radius 3 is 3.06 bits per heavy atom. The number of H-pyrrole nitrogens is 1. The van der Waals surface area contributed by atoms with E-state index >= 15 is 0 Å². The number of hydrogen-bond acceptors (Lipinski definition) is 3. The molecule has 0 atom stereocenters. The smallest absolute Gasteiger partial charge is 0.263 e. The van der Waals surface area contributed by atoms with Crippen LogP contribution in [0.3, 0.4) is 0 Å². The Balaban J connectivity index is 1.99. The zero-order chi connectivity index (χ0) is 11.5. The van der Waals surface area contributed by atoms with Crippen LogP contribution in [0.4, 0.5) is 0 Å². The van der Waals surface area contributed by atoms with Crippen LogP contribution in [0.2, 0.25) is 5.02 Å². The average molecular weight is 256 g/mol. The lowest BCUT2D eigenvalue weighted by molar-refractivity contribution is 0.0954. The highest BCUT2D eigenvalue weighted by Gasteiger charge is 2.12. The van der Waals surface area contributed by atoms with Gasteiger partial charge in [-0.3, -0.25) is 4.79 Å². The molecule has 2 aromatic heterocycles. The summed E-state index contributed by atoms with van der Waals surface area (Å²) in [6.07, 6.45) is 1.61. The highest BCUT2D eigenvalue weighted by atomic mass is 35.5. The molecule has 0 aliphatic rings. The Morgan fingerprint density at radius 1 is 1.69 bits per heavy atom. The van der Waals surface area contributed by atoms with Crippen LogP contribution in [0.1, 0.15) is 21.1 Å². The fourth-order valence-electron chi connectivity index (χ4n) is 1.27. The van der Waals surface area contributed by atoms with Crippen molar-refractivity contribution in [3.05, 3.63) is 39.1 Å². The molecule has 2 rings (SSSR count). The molecule has 1 amide bonds. The fourth-order valence-corrected chi connectivity index (χ4v) is 2.32. The third-order valence-corrected chi connectivity index (χ3v) is 3.51. The van der Waals surface area contributed by atoms with Crippen molar-refractivity contribution in [1.29, 1.82) is 0 Å². The summed E-state index contributed by atoms with van der Waals surface area (Å²) >= 11 is 7.18. The number of imidazole rings is 1. The Hall–Kier alpha value is -1.33.